The van der Waals surface area contributed by atoms with Gasteiger partial charge in [-0.15, -0.1) is 0 Å². The number of likely N-dealkylation sites (tertiary alicyclic amines) is 1. The van der Waals surface area contributed by atoms with E-state index in [0.29, 0.717) is 17.1 Å². The zero-order valence-electron chi connectivity index (χ0n) is 19.2. The number of para-hydroxylation sites is 1. The second-order valence-electron chi connectivity index (χ2n) is 8.65. The molecule has 0 aliphatic carbocycles. The van der Waals surface area contributed by atoms with E-state index in [1.54, 1.807) is 37.4 Å². The number of carbonyl (C=O) groups excluding carboxylic acids is 2. The molecular weight excluding hydrogens is 426 g/mol. The molecule has 2 aliphatic heterocycles. The lowest BCUT2D eigenvalue weighted by Crippen LogP contribution is -2.31. The van der Waals surface area contributed by atoms with Gasteiger partial charge in [0.1, 0.15) is 17.2 Å². The van der Waals surface area contributed by atoms with Crippen LogP contribution in [0, 0.1) is 0 Å². The summed E-state index contributed by atoms with van der Waals surface area (Å²) in [5.41, 5.74) is 3.00. The van der Waals surface area contributed by atoms with Gasteiger partial charge in [0, 0.05) is 13.6 Å². The van der Waals surface area contributed by atoms with Crippen molar-refractivity contribution in [2.45, 2.75) is 19.4 Å². The maximum absolute atomic E-state index is 13.2. The van der Waals surface area contributed by atoms with Crippen LogP contribution in [0.5, 0.6) is 11.5 Å². The van der Waals surface area contributed by atoms with Gasteiger partial charge in [-0.3, -0.25) is 14.6 Å². The number of hydrogen-bond acceptors (Lipinski definition) is 4. The minimum Gasteiger partial charge on any atom is -0.457 e. The first-order valence-corrected chi connectivity index (χ1v) is 11.6. The molecular formula is C28H27N3O3. The molecule has 3 aromatic carbocycles. The number of likely N-dealkylation sites (N-methyl/N-ethyl adjacent to an activating group) is 1. The number of carbonyl (C=O) groups is 2. The standard InChI is InChI=1S/C28H27N3O3/c1-29-26(19-21-9-11-22(12-10-21)20-30-17-5-6-18-30)27(32)31(28(29)33)23-13-15-25(16-14-23)34-24-7-3-2-4-8-24/h2-4,7-16,19H,5-6,17-18,20H2,1H3/b26-19-. The number of amides is 3. The molecule has 172 valence electrons. The summed E-state index contributed by atoms with van der Waals surface area (Å²) in [6.45, 7) is 3.26. The molecule has 6 heteroatoms. The van der Waals surface area contributed by atoms with Gasteiger partial charge < -0.3 is 4.74 Å². The molecule has 2 aliphatic rings. The number of nitrogens with zero attached hydrogens (tertiary/aromatic N) is 3. The first-order chi connectivity index (χ1) is 16.6. The van der Waals surface area contributed by atoms with Crippen molar-refractivity contribution in [1.29, 1.82) is 0 Å². The SMILES string of the molecule is CN1C(=O)N(c2ccc(Oc3ccccc3)cc2)C(=O)/C1=C/c1ccc(CN2CCCC2)cc1. The summed E-state index contributed by atoms with van der Waals surface area (Å²) < 4.78 is 5.81. The van der Waals surface area contributed by atoms with E-state index >= 15 is 0 Å². The zero-order valence-corrected chi connectivity index (χ0v) is 19.2. The van der Waals surface area contributed by atoms with Crippen molar-refractivity contribution in [1.82, 2.24) is 9.80 Å². The highest BCUT2D eigenvalue weighted by molar-refractivity contribution is 6.28. The van der Waals surface area contributed by atoms with E-state index in [9.17, 15) is 9.59 Å². The average molecular weight is 454 g/mol. The van der Waals surface area contributed by atoms with Gasteiger partial charge in [-0.25, -0.2) is 9.69 Å². The monoisotopic (exact) mass is 453 g/mol. The van der Waals surface area contributed by atoms with E-state index in [4.69, 9.17) is 4.74 Å². The Bertz CT molecular complexity index is 1200. The predicted molar refractivity (Wildman–Crippen MR) is 133 cm³/mol. The molecule has 5 rings (SSSR count). The number of benzene rings is 3. The summed E-state index contributed by atoms with van der Waals surface area (Å²) in [5.74, 6) is 1.01. The van der Waals surface area contributed by atoms with E-state index < -0.39 is 0 Å². The van der Waals surface area contributed by atoms with Crippen LogP contribution >= 0.6 is 0 Å². The number of hydrogen-bond donors (Lipinski definition) is 0. The van der Waals surface area contributed by atoms with Crippen molar-refractivity contribution in [3.8, 4) is 11.5 Å². The van der Waals surface area contributed by atoms with Crippen molar-refractivity contribution < 1.29 is 14.3 Å². The molecule has 0 bridgehead atoms. The summed E-state index contributed by atoms with van der Waals surface area (Å²) in [6, 6.07) is 24.2. The number of anilines is 1. The van der Waals surface area contributed by atoms with Crippen LogP contribution in [0.3, 0.4) is 0 Å². The van der Waals surface area contributed by atoms with E-state index in [1.165, 1.54) is 28.2 Å². The molecule has 0 N–H and O–H groups in total. The molecule has 0 spiro atoms. The number of urea groups is 1. The summed E-state index contributed by atoms with van der Waals surface area (Å²) in [4.78, 5) is 31.1. The topological polar surface area (TPSA) is 53.1 Å². The molecule has 3 amide bonds. The van der Waals surface area contributed by atoms with Gasteiger partial charge in [-0.05, 0) is 79.5 Å². The number of imide groups is 1. The quantitative estimate of drug-likeness (QED) is 0.365. The molecule has 3 aromatic rings. The minimum absolute atomic E-state index is 0.342. The van der Waals surface area contributed by atoms with E-state index in [1.807, 2.05) is 42.5 Å². The third-order valence-corrected chi connectivity index (χ3v) is 6.22. The smallest absolute Gasteiger partial charge is 0.336 e. The van der Waals surface area contributed by atoms with Gasteiger partial charge in [0.2, 0.25) is 0 Å². The fourth-order valence-corrected chi connectivity index (χ4v) is 4.35. The molecule has 6 nitrogen and oxygen atoms in total. The number of rotatable bonds is 6. The Morgan fingerprint density at radius 3 is 2.15 bits per heavy atom. The van der Waals surface area contributed by atoms with E-state index in [-0.39, 0.29) is 11.9 Å². The second kappa shape index (κ2) is 9.53. The highest BCUT2D eigenvalue weighted by atomic mass is 16.5. The van der Waals surface area contributed by atoms with Crippen LogP contribution in [0.2, 0.25) is 0 Å². The summed E-state index contributed by atoms with van der Waals surface area (Å²) in [5, 5.41) is 0. The zero-order chi connectivity index (χ0) is 23.5. The van der Waals surface area contributed by atoms with Crippen molar-refractivity contribution in [2.24, 2.45) is 0 Å². The van der Waals surface area contributed by atoms with Gasteiger partial charge in [0.15, 0.2) is 0 Å². The van der Waals surface area contributed by atoms with Crippen molar-refractivity contribution in [2.75, 3.05) is 25.0 Å². The first kappa shape index (κ1) is 21.9. The molecule has 0 aromatic heterocycles. The fourth-order valence-electron chi connectivity index (χ4n) is 4.35. The van der Waals surface area contributed by atoms with Gasteiger partial charge in [0.05, 0.1) is 5.69 Å². The molecule has 2 heterocycles. The van der Waals surface area contributed by atoms with Crippen molar-refractivity contribution in [3.63, 3.8) is 0 Å². The van der Waals surface area contributed by atoms with Gasteiger partial charge in [-0.1, -0.05) is 42.5 Å². The maximum atomic E-state index is 13.2. The summed E-state index contributed by atoms with van der Waals surface area (Å²) in [7, 11) is 1.63. The average Bonchev–Trinajstić information content (AvgIpc) is 3.44. The normalized spacial score (nSPS) is 17.7. The Balaban J connectivity index is 1.30. The second-order valence-corrected chi connectivity index (χ2v) is 8.65. The lowest BCUT2D eigenvalue weighted by molar-refractivity contribution is -0.114. The molecule has 0 atom stereocenters. The van der Waals surface area contributed by atoms with Crippen molar-refractivity contribution >= 4 is 23.7 Å². The lowest BCUT2D eigenvalue weighted by atomic mass is 10.1. The van der Waals surface area contributed by atoms with Gasteiger partial charge in [-0.2, -0.15) is 0 Å². The van der Waals surface area contributed by atoms with Crippen LogP contribution in [0.15, 0.2) is 84.6 Å². The van der Waals surface area contributed by atoms with Crippen LogP contribution in [0.25, 0.3) is 6.08 Å². The van der Waals surface area contributed by atoms with Crippen molar-refractivity contribution in [3.05, 3.63) is 95.7 Å². The Labute approximate surface area is 199 Å². The summed E-state index contributed by atoms with van der Waals surface area (Å²) in [6.07, 6.45) is 4.31. The van der Waals surface area contributed by atoms with E-state index in [2.05, 4.69) is 17.0 Å². The highest BCUT2D eigenvalue weighted by Crippen LogP contribution is 2.30. The molecule has 0 radical (unpaired) electrons. The molecule has 2 saturated heterocycles. The number of ether oxygens (including phenoxy) is 1. The predicted octanol–water partition coefficient (Wildman–Crippen LogP) is 5.51. The highest BCUT2D eigenvalue weighted by Gasteiger charge is 2.39. The summed E-state index contributed by atoms with van der Waals surface area (Å²) >= 11 is 0. The lowest BCUT2D eigenvalue weighted by Gasteiger charge is -2.14. The maximum Gasteiger partial charge on any atom is 0.336 e. The van der Waals surface area contributed by atoms with Gasteiger partial charge >= 0.3 is 6.03 Å². The molecule has 2 fully saturated rings. The van der Waals surface area contributed by atoms with Crippen LogP contribution in [0.1, 0.15) is 24.0 Å². The van der Waals surface area contributed by atoms with E-state index in [0.717, 1.165) is 30.9 Å². The molecule has 0 unspecified atom stereocenters. The first-order valence-electron chi connectivity index (χ1n) is 11.6. The Morgan fingerprint density at radius 1 is 0.824 bits per heavy atom. The Kier molecular flexibility index (Phi) is 6.14. The Morgan fingerprint density at radius 2 is 1.47 bits per heavy atom. The molecule has 0 saturated carbocycles. The Hall–Kier alpha value is -3.90. The van der Waals surface area contributed by atoms with Crippen LogP contribution in [0.4, 0.5) is 10.5 Å². The minimum atomic E-state index is -0.376. The third kappa shape index (κ3) is 4.58. The third-order valence-electron chi connectivity index (χ3n) is 6.22. The van der Waals surface area contributed by atoms with Crippen LogP contribution in [-0.4, -0.2) is 41.9 Å². The fraction of sp³-hybridized carbons (Fsp3) is 0.214. The van der Waals surface area contributed by atoms with Gasteiger partial charge in [0.25, 0.3) is 5.91 Å². The van der Waals surface area contributed by atoms with Crippen LogP contribution < -0.4 is 9.64 Å². The largest absolute Gasteiger partial charge is 0.457 e. The molecule has 34 heavy (non-hydrogen) atoms. The van der Waals surface area contributed by atoms with Crippen LogP contribution in [-0.2, 0) is 11.3 Å².